The lowest BCUT2D eigenvalue weighted by molar-refractivity contribution is -0.167. The summed E-state index contributed by atoms with van der Waals surface area (Å²) in [4.78, 5) is 25.4. The molecule has 2 rings (SSSR count). The number of hydrogen-bond donors (Lipinski definition) is 0. The maximum Gasteiger partial charge on any atom is 0.326 e. The van der Waals surface area contributed by atoms with Crippen LogP contribution in [0.1, 0.15) is 19.4 Å². The van der Waals surface area contributed by atoms with E-state index >= 15 is 0 Å². The molecule has 0 radical (unpaired) electrons. The molecule has 20 heavy (non-hydrogen) atoms. The first kappa shape index (κ1) is 14.9. The van der Waals surface area contributed by atoms with Gasteiger partial charge in [0.15, 0.2) is 0 Å². The highest BCUT2D eigenvalue weighted by molar-refractivity contribution is 7.99. The zero-order valence-electron chi connectivity index (χ0n) is 12.0. The zero-order valence-corrected chi connectivity index (χ0v) is 12.8. The first-order valence-electron chi connectivity index (χ1n) is 6.50. The second-order valence-electron chi connectivity index (χ2n) is 5.39. The van der Waals surface area contributed by atoms with E-state index in [1.54, 1.807) is 16.7 Å². The summed E-state index contributed by atoms with van der Waals surface area (Å²) in [6, 6.07) is 9.50. The van der Waals surface area contributed by atoms with E-state index in [1.807, 2.05) is 50.4 Å². The van der Waals surface area contributed by atoms with Crippen molar-refractivity contribution < 1.29 is 14.3 Å². The summed E-state index contributed by atoms with van der Waals surface area (Å²) in [5.74, 6) is -0.356. The number of rotatable bonds is 5. The van der Waals surface area contributed by atoms with Crippen LogP contribution >= 0.6 is 11.8 Å². The maximum absolute atomic E-state index is 12.0. The van der Waals surface area contributed by atoms with E-state index in [0.717, 1.165) is 5.56 Å². The molecule has 0 saturated carbocycles. The lowest BCUT2D eigenvalue weighted by Gasteiger charge is -2.51. The maximum atomic E-state index is 12.0. The molecule has 1 unspecified atom stereocenters. The Morgan fingerprint density at radius 3 is 2.60 bits per heavy atom. The zero-order chi connectivity index (χ0) is 14.8. The van der Waals surface area contributed by atoms with Crippen molar-refractivity contribution in [3.63, 3.8) is 0 Å². The molecule has 1 atom stereocenters. The third-order valence-electron chi connectivity index (χ3n) is 3.48. The largest absolute Gasteiger partial charge is 0.459 e. The van der Waals surface area contributed by atoms with Crippen molar-refractivity contribution >= 4 is 23.6 Å². The summed E-state index contributed by atoms with van der Waals surface area (Å²) < 4.78 is 5.20. The Kier molecular flexibility index (Phi) is 4.38. The molecular formula is C15H19NO3S. The van der Waals surface area contributed by atoms with Gasteiger partial charge in [0.05, 0.1) is 10.8 Å². The first-order valence-corrected chi connectivity index (χ1v) is 7.79. The Morgan fingerprint density at radius 1 is 1.35 bits per heavy atom. The van der Waals surface area contributed by atoms with Crippen molar-refractivity contribution in [2.24, 2.45) is 5.41 Å². The number of thioether (sulfide) groups is 1. The number of ether oxygens (including phenoxy) is 1. The molecule has 108 valence electrons. The molecule has 0 aromatic heterocycles. The van der Waals surface area contributed by atoms with E-state index in [9.17, 15) is 9.59 Å². The van der Waals surface area contributed by atoms with Crippen LogP contribution in [-0.4, -0.2) is 35.0 Å². The molecule has 1 aromatic rings. The van der Waals surface area contributed by atoms with Gasteiger partial charge >= 0.3 is 5.97 Å². The van der Waals surface area contributed by atoms with Gasteiger partial charge in [-0.2, -0.15) is 0 Å². The summed E-state index contributed by atoms with van der Waals surface area (Å²) >= 11 is 1.58. The van der Waals surface area contributed by atoms with E-state index < -0.39 is 0 Å². The first-order chi connectivity index (χ1) is 9.46. The van der Waals surface area contributed by atoms with Gasteiger partial charge in [-0.3, -0.25) is 9.59 Å². The highest BCUT2D eigenvalue weighted by atomic mass is 32.2. The Hall–Kier alpha value is -1.49. The fourth-order valence-corrected chi connectivity index (χ4v) is 3.52. The average Bonchev–Trinajstić information content (AvgIpc) is 2.45. The SMILES string of the molecule is CSC1N(CC(=O)OCc2ccccc2)C(=O)C1(C)C. The molecule has 1 saturated heterocycles. The highest BCUT2D eigenvalue weighted by Crippen LogP contribution is 2.43. The Bertz CT molecular complexity index is 501. The van der Waals surface area contributed by atoms with Crippen LogP contribution in [0.2, 0.25) is 0 Å². The predicted molar refractivity (Wildman–Crippen MR) is 79.0 cm³/mol. The number of esters is 1. The summed E-state index contributed by atoms with van der Waals surface area (Å²) in [6.45, 7) is 4.08. The number of benzene rings is 1. The Morgan fingerprint density at radius 2 is 2.00 bits per heavy atom. The third kappa shape index (κ3) is 2.82. The van der Waals surface area contributed by atoms with Crippen molar-refractivity contribution in [1.29, 1.82) is 0 Å². The second kappa shape index (κ2) is 5.87. The quantitative estimate of drug-likeness (QED) is 0.617. The standard InChI is InChI=1S/C15H19NO3S/c1-15(2)13(18)16(14(15)20-3)9-12(17)19-10-11-7-5-4-6-8-11/h4-8,14H,9-10H2,1-3H3. The topological polar surface area (TPSA) is 46.6 Å². The minimum atomic E-state index is -0.390. The molecule has 1 aromatic carbocycles. The summed E-state index contributed by atoms with van der Waals surface area (Å²) in [5.41, 5.74) is 0.552. The number of amides is 1. The number of carbonyl (C=O) groups excluding carboxylic acids is 2. The lowest BCUT2D eigenvalue weighted by Crippen LogP contribution is -2.65. The number of nitrogens with zero attached hydrogens (tertiary/aromatic N) is 1. The minimum Gasteiger partial charge on any atom is -0.459 e. The average molecular weight is 293 g/mol. The van der Waals surface area contributed by atoms with Crippen molar-refractivity contribution in [2.75, 3.05) is 12.8 Å². The third-order valence-corrected chi connectivity index (χ3v) is 4.77. The smallest absolute Gasteiger partial charge is 0.326 e. The lowest BCUT2D eigenvalue weighted by atomic mass is 9.82. The van der Waals surface area contributed by atoms with Crippen LogP contribution in [0.4, 0.5) is 0 Å². The minimum absolute atomic E-state index is 0.00788. The molecule has 1 fully saturated rings. The molecule has 1 heterocycles. The van der Waals surface area contributed by atoms with E-state index in [1.165, 1.54) is 0 Å². The molecule has 0 N–H and O–H groups in total. The number of carbonyl (C=O) groups is 2. The van der Waals surface area contributed by atoms with Crippen molar-refractivity contribution in [2.45, 2.75) is 25.8 Å². The van der Waals surface area contributed by atoms with Crippen molar-refractivity contribution in [3.05, 3.63) is 35.9 Å². The van der Waals surface area contributed by atoms with Gasteiger partial charge in [0.2, 0.25) is 5.91 Å². The van der Waals surface area contributed by atoms with E-state index in [0.29, 0.717) is 0 Å². The second-order valence-corrected chi connectivity index (χ2v) is 6.31. The molecule has 4 nitrogen and oxygen atoms in total. The van der Waals surface area contributed by atoms with Gasteiger partial charge in [0.1, 0.15) is 13.2 Å². The van der Waals surface area contributed by atoms with Crippen LogP contribution in [0.25, 0.3) is 0 Å². The highest BCUT2D eigenvalue weighted by Gasteiger charge is 2.54. The molecule has 5 heteroatoms. The van der Waals surface area contributed by atoms with Gasteiger partial charge in [-0.1, -0.05) is 30.3 Å². The normalized spacial score (nSPS) is 20.4. The van der Waals surface area contributed by atoms with E-state index in [2.05, 4.69) is 0 Å². The van der Waals surface area contributed by atoms with Crippen LogP contribution in [0.5, 0.6) is 0 Å². The van der Waals surface area contributed by atoms with Crippen LogP contribution in [0, 0.1) is 5.41 Å². The van der Waals surface area contributed by atoms with Gasteiger partial charge in [0, 0.05) is 0 Å². The molecule has 1 amide bonds. The van der Waals surface area contributed by atoms with Gasteiger partial charge in [-0.15, -0.1) is 11.8 Å². The van der Waals surface area contributed by atoms with Crippen molar-refractivity contribution in [1.82, 2.24) is 4.90 Å². The summed E-state index contributed by atoms with van der Waals surface area (Å²) in [7, 11) is 0. The van der Waals surface area contributed by atoms with Crippen LogP contribution in [-0.2, 0) is 20.9 Å². The van der Waals surface area contributed by atoms with Gasteiger partial charge < -0.3 is 9.64 Å². The Balaban J connectivity index is 1.85. The molecule has 1 aliphatic rings. The molecule has 0 spiro atoms. The number of β-lactam (4-membered cyclic amide) rings is 1. The summed E-state index contributed by atoms with van der Waals surface area (Å²) in [5, 5.41) is 0.0410. The van der Waals surface area contributed by atoms with E-state index in [4.69, 9.17) is 4.74 Å². The Labute approximate surface area is 123 Å². The molecule has 0 aliphatic carbocycles. The molecular weight excluding hydrogens is 274 g/mol. The van der Waals surface area contributed by atoms with Crippen LogP contribution in [0.15, 0.2) is 30.3 Å². The fraction of sp³-hybridized carbons (Fsp3) is 0.467. The van der Waals surface area contributed by atoms with E-state index in [-0.39, 0.29) is 35.8 Å². The van der Waals surface area contributed by atoms with Gasteiger partial charge in [0.25, 0.3) is 0 Å². The van der Waals surface area contributed by atoms with Crippen molar-refractivity contribution in [3.8, 4) is 0 Å². The number of hydrogen-bond acceptors (Lipinski definition) is 4. The van der Waals surface area contributed by atoms with Gasteiger partial charge in [-0.25, -0.2) is 0 Å². The molecule has 0 bridgehead atoms. The fourth-order valence-electron chi connectivity index (χ4n) is 2.41. The predicted octanol–water partition coefficient (Wildman–Crippen LogP) is 2.29. The summed E-state index contributed by atoms with van der Waals surface area (Å²) in [6.07, 6.45) is 1.95. The number of likely N-dealkylation sites (tertiary alicyclic amines) is 1. The van der Waals surface area contributed by atoms with Crippen LogP contribution in [0.3, 0.4) is 0 Å². The van der Waals surface area contributed by atoms with Crippen LogP contribution < -0.4 is 0 Å². The van der Waals surface area contributed by atoms with Gasteiger partial charge in [-0.05, 0) is 25.7 Å². The monoisotopic (exact) mass is 293 g/mol. The molecule has 1 aliphatic heterocycles.